The average molecular weight is 330 g/mol. The van der Waals surface area contributed by atoms with E-state index in [0.717, 1.165) is 44.7 Å². The molecular weight excluding hydrogens is 300 g/mol. The Balaban J connectivity index is 1.53. The van der Waals surface area contributed by atoms with E-state index in [1.807, 2.05) is 30.3 Å². The van der Waals surface area contributed by atoms with E-state index in [4.69, 9.17) is 4.74 Å². The molecule has 3 rings (SSSR count). The number of carbonyl (C=O) groups is 1. The molecule has 1 aromatic rings. The van der Waals surface area contributed by atoms with Crippen LogP contribution in [0.3, 0.4) is 0 Å². The number of ether oxygens (including phenoxy) is 1. The van der Waals surface area contributed by atoms with Crippen molar-refractivity contribution >= 4 is 5.91 Å². The number of nitrogens with zero attached hydrogens (tertiary/aromatic N) is 2. The van der Waals surface area contributed by atoms with Gasteiger partial charge in [-0.15, -0.1) is 0 Å². The van der Waals surface area contributed by atoms with Crippen molar-refractivity contribution in [2.75, 3.05) is 33.4 Å². The summed E-state index contributed by atoms with van der Waals surface area (Å²) in [6.45, 7) is 5.46. The van der Waals surface area contributed by atoms with Crippen LogP contribution in [0.1, 0.15) is 38.2 Å². The first-order chi connectivity index (χ1) is 11.6. The van der Waals surface area contributed by atoms with Gasteiger partial charge in [0.05, 0.1) is 13.0 Å². The van der Waals surface area contributed by atoms with Crippen molar-refractivity contribution in [2.45, 2.75) is 50.6 Å². The molecule has 0 unspecified atom stereocenters. The minimum Gasteiger partial charge on any atom is -0.380 e. The van der Waals surface area contributed by atoms with Crippen LogP contribution in [0.5, 0.6) is 0 Å². The summed E-state index contributed by atoms with van der Waals surface area (Å²) < 4.78 is 5.64. The molecule has 1 atom stereocenters. The van der Waals surface area contributed by atoms with Gasteiger partial charge >= 0.3 is 0 Å². The smallest absolute Gasteiger partial charge is 0.226 e. The molecule has 0 saturated carbocycles. The fourth-order valence-corrected chi connectivity index (χ4v) is 4.30. The first-order valence-electron chi connectivity index (χ1n) is 9.27. The van der Waals surface area contributed by atoms with Gasteiger partial charge in [0.25, 0.3) is 0 Å². The van der Waals surface area contributed by atoms with E-state index in [9.17, 15) is 4.79 Å². The number of likely N-dealkylation sites (N-methyl/N-ethyl adjacent to an activating group) is 1. The fraction of sp³-hybridized carbons (Fsp3) is 0.650. The van der Waals surface area contributed by atoms with Crippen molar-refractivity contribution in [2.24, 2.45) is 0 Å². The molecule has 2 heterocycles. The summed E-state index contributed by atoms with van der Waals surface area (Å²) in [7, 11) is 2.25. The molecule has 0 bridgehead atoms. The van der Waals surface area contributed by atoms with E-state index < -0.39 is 0 Å². The van der Waals surface area contributed by atoms with Crippen LogP contribution in [0.2, 0.25) is 0 Å². The van der Waals surface area contributed by atoms with Crippen molar-refractivity contribution in [3.63, 3.8) is 0 Å². The minimum absolute atomic E-state index is 0.266. The van der Waals surface area contributed by atoms with Crippen LogP contribution < -0.4 is 0 Å². The molecule has 2 saturated heterocycles. The molecule has 2 fully saturated rings. The van der Waals surface area contributed by atoms with Gasteiger partial charge in [0.2, 0.25) is 5.91 Å². The molecule has 132 valence electrons. The largest absolute Gasteiger partial charge is 0.380 e. The summed E-state index contributed by atoms with van der Waals surface area (Å²) in [4.78, 5) is 17.2. The predicted molar refractivity (Wildman–Crippen MR) is 96.0 cm³/mol. The zero-order valence-electron chi connectivity index (χ0n) is 15.0. The highest BCUT2D eigenvalue weighted by molar-refractivity contribution is 5.78. The maximum absolute atomic E-state index is 12.6. The van der Waals surface area contributed by atoms with E-state index in [0.29, 0.717) is 12.5 Å². The van der Waals surface area contributed by atoms with Crippen LogP contribution in [0, 0.1) is 0 Å². The van der Waals surface area contributed by atoms with Gasteiger partial charge in [0.1, 0.15) is 0 Å². The normalized spacial score (nSPS) is 23.8. The first kappa shape index (κ1) is 17.4. The third-order valence-electron chi connectivity index (χ3n) is 6.00. The molecule has 2 aliphatic rings. The highest BCUT2D eigenvalue weighted by Crippen LogP contribution is 2.40. The lowest BCUT2D eigenvalue weighted by molar-refractivity contribution is -0.133. The molecule has 0 N–H and O–H groups in total. The summed E-state index contributed by atoms with van der Waals surface area (Å²) in [5, 5.41) is 0. The first-order valence-corrected chi connectivity index (χ1v) is 9.27. The van der Waals surface area contributed by atoms with Gasteiger partial charge < -0.3 is 9.64 Å². The molecule has 2 aliphatic heterocycles. The second-order valence-electron chi connectivity index (χ2n) is 7.23. The van der Waals surface area contributed by atoms with E-state index in [2.05, 4.69) is 23.8 Å². The number of piperidine rings is 1. The van der Waals surface area contributed by atoms with Gasteiger partial charge in [-0.1, -0.05) is 30.3 Å². The predicted octanol–water partition coefficient (Wildman–Crippen LogP) is 2.72. The van der Waals surface area contributed by atoms with Gasteiger partial charge in [-0.2, -0.15) is 0 Å². The lowest BCUT2D eigenvalue weighted by Crippen LogP contribution is -2.54. The van der Waals surface area contributed by atoms with Crippen molar-refractivity contribution in [1.29, 1.82) is 0 Å². The van der Waals surface area contributed by atoms with Crippen LogP contribution >= 0.6 is 0 Å². The molecule has 0 aliphatic carbocycles. The topological polar surface area (TPSA) is 32.8 Å². The summed E-state index contributed by atoms with van der Waals surface area (Å²) in [5.41, 5.74) is 1.39. The zero-order valence-corrected chi connectivity index (χ0v) is 15.0. The SMILES string of the molecule is CCOC[C@H]1CCC2(CCN(C(=O)Cc3ccccc3)CC2)N1C. The van der Waals surface area contributed by atoms with Crippen LogP contribution in [0.4, 0.5) is 0 Å². The molecular formula is C20H30N2O2. The second-order valence-corrected chi connectivity index (χ2v) is 7.23. The van der Waals surface area contributed by atoms with Crippen LogP contribution in [0.15, 0.2) is 30.3 Å². The number of benzene rings is 1. The van der Waals surface area contributed by atoms with Crippen LogP contribution in [-0.4, -0.2) is 60.6 Å². The van der Waals surface area contributed by atoms with Gasteiger partial charge in [-0.3, -0.25) is 9.69 Å². The van der Waals surface area contributed by atoms with E-state index in [1.165, 1.54) is 12.8 Å². The Kier molecular flexibility index (Phi) is 5.57. The van der Waals surface area contributed by atoms with Gasteiger partial charge in [0.15, 0.2) is 0 Å². The monoisotopic (exact) mass is 330 g/mol. The van der Waals surface area contributed by atoms with Gasteiger partial charge in [-0.05, 0) is 45.2 Å². The molecule has 1 spiro atoms. The summed E-state index contributed by atoms with van der Waals surface area (Å²) in [6, 6.07) is 10.6. The molecule has 0 radical (unpaired) electrons. The highest BCUT2D eigenvalue weighted by Gasteiger charge is 2.46. The van der Waals surface area contributed by atoms with E-state index >= 15 is 0 Å². The Labute approximate surface area is 145 Å². The number of amides is 1. The third-order valence-corrected chi connectivity index (χ3v) is 6.00. The number of carbonyl (C=O) groups excluding carboxylic acids is 1. The lowest BCUT2D eigenvalue weighted by atomic mass is 9.85. The Bertz CT molecular complexity index is 538. The van der Waals surface area contributed by atoms with Crippen LogP contribution in [-0.2, 0) is 16.0 Å². The average Bonchev–Trinajstić information content (AvgIpc) is 2.91. The van der Waals surface area contributed by atoms with Crippen molar-refractivity contribution in [3.05, 3.63) is 35.9 Å². The molecule has 0 aromatic heterocycles. The number of rotatable bonds is 5. The van der Waals surface area contributed by atoms with Crippen LogP contribution in [0.25, 0.3) is 0 Å². The lowest BCUT2D eigenvalue weighted by Gasteiger charge is -2.45. The fourth-order valence-electron chi connectivity index (χ4n) is 4.30. The summed E-state index contributed by atoms with van der Waals surface area (Å²) in [5.74, 6) is 0.266. The molecule has 1 amide bonds. The Morgan fingerprint density at radius 3 is 2.58 bits per heavy atom. The quantitative estimate of drug-likeness (QED) is 0.832. The maximum Gasteiger partial charge on any atom is 0.226 e. The standard InChI is InChI=1S/C20H30N2O2/c1-3-24-16-18-9-10-20(21(18)2)11-13-22(14-12-20)19(23)15-17-7-5-4-6-8-17/h4-8,18H,3,9-16H2,1-2H3/t18-/m1/s1. The van der Waals surface area contributed by atoms with E-state index in [-0.39, 0.29) is 11.4 Å². The second kappa shape index (κ2) is 7.66. The van der Waals surface area contributed by atoms with Gasteiger partial charge in [-0.25, -0.2) is 0 Å². The minimum atomic E-state index is 0.266. The van der Waals surface area contributed by atoms with Crippen molar-refractivity contribution in [3.8, 4) is 0 Å². The number of hydrogen-bond acceptors (Lipinski definition) is 3. The molecule has 24 heavy (non-hydrogen) atoms. The van der Waals surface area contributed by atoms with Crippen molar-refractivity contribution < 1.29 is 9.53 Å². The number of likely N-dealkylation sites (tertiary alicyclic amines) is 2. The zero-order chi connectivity index (χ0) is 17.0. The molecule has 1 aromatic carbocycles. The molecule has 4 heteroatoms. The Hall–Kier alpha value is -1.39. The van der Waals surface area contributed by atoms with Gasteiger partial charge in [0, 0.05) is 31.3 Å². The van der Waals surface area contributed by atoms with Crippen molar-refractivity contribution in [1.82, 2.24) is 9.80 Å². The number of hydrogen-bond donors (Lipinski definition) is 0. The Morgan fingerprint density at radius 2 is 1.92 bits per heavy atom. The van der Waals surface area contributed by atoms with E-state index in [1.54, 1.807) is 0 Å². The highest BCUT2D eigenvalue weighted by atomic mass is 16.5. The maximum atomic E-state index is 12.6. The summed E-state index contributed by atoms with van der Waals surface area (Å²) >= 11 is 0. The third kappa shape index (κ3) is 3.65. The Morgan fingerprint density at radius 1 is 1.21 bits per heavy atom. The molecule has 4 nitrogen and oxygen atoms in total. The summed E-state index contributed by atoms with van der Waals surface area (Å²) in [6.07, 6.45) is 5.16.